The fourth-order valence-electron chi connectivity index (χ4n) is 10.1. The molecule has 5 aliphatic rings. The third kappa shape index (κ3) is 5.64. The number of hydrogen-bond acceptors (Lipinski definition) is 10. The molecule has 52 heavy (non-hydrogen) atoms. The van der Waals surface area contributed by atoms with Gasteiger partial charge in [0.1, 0.15) is 17.2 Å². The Morgan fingerprint density at radius 3 is 2.33 bits per heavy atom. The highest BCUT2D eigenvalue weighted by atomic mass is 16.5. The topological polar surface area (TPSA) is 131 Å². The third-order valence-corrected chi connectivity index (χ3v) is 12.6. The molecule has 3 aliphatic heterocycles. The molecule has 7 atom stereocenters. The van der Waals surface area contributed by atoms with Crippen LogP contribution in [0.4, 0.5) is 5.69 Å². The molecule has 0 unspecified atom stereocenters. The average molecular weight is 715 g/mol. The maximum atomic E-state index is 12.2. The van der Waals surface area contributed by atoms with Crippen molar-refractivity contribution in [2.24, 2.45) is 17.8 Å². The molecule has 0 aromatic heterocycles. The van der Waals surface area contributed by atoms with Crippen molar-refractivity contribution in [3.05, 3.63) is 52.1 Å². The number of benzene rings is 3. The summed E-state index contributed by atoms with van der Waals surface area (Å²) in [5, 5.41) is 42.0. The molecule has 0 bridgehead atoms. The van der Waals surface area contributed by atoms with Gasteiger partial charge in [-0.3, -0.25) is 5.32 Å². The highest BCUT2D eigenvalue weighted by molar-refractivity contribution is 5.93. The number of fused-ring (bicyclic) bond motifs is 3. The van der Waals surface area contributed by atoms with Gasteiger partial charge in [-0.15, -0.1) is 0 Å². The van der Waals surface area contributed by atoms with Crippen LogP contribution in [0.25, 0.3) is 11.1 Å². The van der Waals surface area contributed by atoms with Gasteiger partial charge in [0.05, 0.1) is 39.6 Å². The first kappa shape index (κ1) is 35.2. The van der Waals surface area contributed by atoms with E-state index in [-0.39, 0.29) is 23.9 Å². The molecular weight excluding hydrogens is 660 g/mol. The molecule has 5 N–H and O–H groups in total. The zero-order chi connectivity index (χ0) is 36.5. The SMILES string of the molecule is COc1cc([C@@H]2COc3cc4c5c(c3[C@H]2O)CCc2c(OC)cc(O[C@@]36CCC[C@@H](CCC(C)C)[C@@H]3CC[C@H](C)N6)c(c2-5)[C@@H](O)N4)cc(OC)c1O. The Kier molecular flexibility index (Phi) is 9.15. The van der Waals surface area contributed by atoms with Gasteiger partial charge >= 0.3 is 0 Å². The van der Waals surface area contributed by atoms with Crippen molar-refractivity contribution in [2.45, 2.75) is 109 Å². The van der Waals surface area contributed by atoms with E-state index < -0.39 is 24.0 Å². The standard InChI is InChI=1S/C42H54N2O8/c1-21(2)9-11-23-8-7-15-42(28(23)14-10-22(3)44-42)52-32-19-30(48-4)25-12-13-26-35-29(43-41(47)38(32)37(25)35)18-31-36(26)39(45)27(20-51-31)24-16-33(49-5)40(46)34(17-24)50-6/h16-19,21-23,27-28,39,41,43-47H,7-15,20H2,1-6H3/t22-,23-,27-,28-,39-,41+,42-/m0/s1. The first-order valence-electron chi connectivity index (χ1n) is 19.2. The van der Waals surface area contributed by atoms with E-state index in [0.717, 1.165) is 76.1 Å². The first-order chi connectivity index (χ1) is 25.1. The van der Waals surface area contributed by atoms with E-state index in [2.05, 4.69) is 31.4 Å². The smallest absolute Gasteiger partial charge is 0.200 e. The minimum Gasteiger partial charge on any atom is -0.502 e. The first-order valence-corrected chi connectivity index (χ1v) is 19.2. The Morgan fingerprint density at radius 1 is 0.885 bits per heavy atom. The number of ether oxygens (including phenoxy) is 5. The van der Waals surface area contributed by atoms with E-state index in [0.29, 0.717) is 48.1 Å². The van der Waals surface area contributed by atoms with Gasteiger partial charge in [0.25, 0.3) is 0 Å². The second-order valence-electron chi connectivity index (χ2n) is 16.1. The van der Waals surface area contributed by atoms with Crippen LogP contribution >= 0.6 is 0 Å². The zero-order valence-electron chi connectivity index (χ0n) is 31.3. The molecule has 8 rings (SSSR count). The fraction of sp³-hybridized carbons (Fsp3) is 0.571. The molecule has 2 fully saturated rings. The van der Waals surface area contributed by atoms with Crippen molar-refractivity contribution in [1.29, 1.82) is 0 Å². The minimum absolute atomic E-state index is 0.0895. The van der Waals surface area contributed by atoms with Gasteiger partial charge in [0.15, 0.2) is 23.5 Å². The number of phenols is 1. The average Bonchev–Trinajstić information content (AvgIpc) is 3.12. The van der Waals surface area contributed by atoms with Crippen molar-refractivity contribution in [3.63, 3.8) is 0 Å². The van der Waals surface area contributed by atoms with E-state index >= 15 is 0 Å². The number of phenolic OH excluding ortho intramolecular Hbond substituents is 1. The Morgan fingerprint density at radius 2 is 1.62 bits per heavy atom. The monoisotopic (exact) mass is 714 g/mol. The molecule has 10 heteroatoms. The number of nitrogens with one attached hydrogen (secondary N) is 2. The lowest BCUT2D eigenvalue weighted by Gasteiger charge is -2.53. The molecule has 2 aliphatic carbocycles. The van der Waals surface area contributed by atoms with Crippen LogP contribution in [0.3, 0.4) is 0 Å². The van der Waals surface area contributed by atoms with Gasteiger partial charge in [-0.05, 0) is 87.0 Å². The van der Waals surface area contributed by atoms with Crippen LogP contribution in [0.2, 0.25) is 0 Å². The number of methoxy groups -OCH3 is 3. The molecule has 10 nitrogen and oxygen atoms in total. The predicted octanol–water partition coefficient (Wildman–Crippen LogP) is 7.51. The van der Waals surface area contributed by atoms with Gasteiger partial charge in [-0.25, -0.2) is 0 Å². The lowest BCUT2D eigenvalue weighted by molar-refractivity contribution is -0.110. The molecule has 0 amide bonds. The largest absolute Gasteiger partial charge is 0.502 e. The molecule has 280 valence electrons. The fourth-order valence-corrected chi connectivity index (χ4v) is 10.1. The van der Waals surface area contributed by atoms with Crippen LogP contribution < -0.4 is 34.3 Å². The van der Waals surface area contributed by atoms with Crippen molar-refractivity contribution in [3.8, 4) is 45.6 Å². The van der Waals surface area contributed by atoms with Crippen LogP contribution in [0.5, 0.6) is 34.5 Å². The molecular formula is C42H54N2O8. The summed E-state index contributed by atoms with van der Waals surface area (Å²) in [4.78, 5) is 0. The lowest BCUT2D eigenvalue weighted by atomic mass is 9.66. The minimum atomic E-state index is -1.01. The summed E-state index contributed by atoms with van der Waals surface area (Å²) < 4.78 is 30.7. The Bertz CT molecular complexity index is 1840. The van der Waals surface area contributed by atoms with Crippen molar-refractivity contribution in [1.82, 2.24) is 5.32 Å². The Balaban J connectivity index is 1.23. The van der Waals surface area contributed by atoms with Gasteiger partial charge < -0.3 is 44.3 Å². The summed E-state index contributed by atoms with van der Waals surface area (Å²) in [5.74, 6) is 3.60. The molecule has 3 heterocycles. The number of rotatable bonds is 9. The highest BCUT2D eigenvalue weighted by Crippen LogP contribution is 2.58. The normalized spacial score (nSPS) is 28.5. The summed E-state index contributed by atoms with van der Waals surface area (Å²) in [5.41, 5.74) is 6.31. The predicted molar refractivity (Wildman–Crippen MR) is 199 cm³/mol. The second kappa shape index (κ2) is 13.5. The molecule has 1 saturated heterocycles. The molecule has 0 spiro atoms. The summed E-state index contributed by atoms with van der Waals surface area (Å²) in [6.07, 6.45) is 7.28. The third-order valence-electron chi connectivity index (χ3n) is 12.6. The number of aromatic hydroxyl groups is 1. The number of aliphatic hydroxyl groups excluding tert-OH is 2. The van der Waals surface area contributed by atoms with Crippen LogP contribution in [-0.4, -0.2) is 55.0 Å². The van der Waals surface area contributed by atoms with E-state index in [1.807, 2.05) is 12.1 Å². The number of aliphatic hydroxyl groups is 2. The van der Waals surface area contributed by atoms with Crippen molar-refractivity contribution < 1.29 is 39.0 Å². The summed E-state index contributed by atoms with van der Waals surface area (Å²) in [6, 6.07) is 7.69. The van der Waals surface area contributed by atoms with Crippen LogP contribution in [0.1, 0.15) is 112 Å². The van der Waals surface area contributed by atoms with E-state index in [4.69, 9.17) is 23.7 Å². The summed E-state index contributed by atoms with van der Waals surface area (Å²) in [6.45, 7) is 7.08. The molecule has 3 aromatic rings. The van der Waals surface area contributed by atoms with Crippen LogP contribution in [-0.2, 0) is 12.8 Å². The van der Waals surface area contributed by atoms with Gasteiger partial charge in [-0.1, -0.05) is 20.3 Å². The summed E-state index contributed by atoms with van der Waals surface area (Å²) in [7, 11) is 4.69. The van der Waals surface area contributed by atoms with E-state index in [9.17, 15) is 15.3 Å². The molecule has 3 aromatic carbocycles. The highest BCUT2D eigenvalue weighted by Gasteiger charge is 2.51. The van der Waals surface area contributed by atoms with Crippen LogP contribution in [0, 0.1) is 17.8 Å². The van der Waals surface area contributed by atoms with Crippen LogP contribution in [0.15, 0.2) is 24.3 Å². The number of piperidine rings is 1. The van der Waals surface area contributed by atoms with Crippen molar-refractivity contribution >= 4 is 5.69 Å². The van der Waals surface area contributed by atoms with Gasteiger partial charge in [0.2, 0.25) is 5.75 Å². The zero-order valence-corrected chi connectivity index (χ0v) is 31.3. The second-order valence-corrected chi connectivity index (χ2v) is 16.1. The van der Waals surface area contributed by atoms with E-state index in [1.54, 1.807) is 19.2 Å². The van der Waals surface area contributed by atoms with Crippen molar-refractivity contribution in [2.75, 3.05) is 33.3 Å². The van der Waals surface area contributed by atoms with E-state index in [1.165, 1.54) is 33.5 Å². The lowest BCUT2D eigenvalue weighted by Crippen LogP contribution is -2.65. The summed E-state index contributed by atoms with van der Waals surface area (Å²) >= 11 is 0. The quantitative estimate of drug-likeness (QED) is 0.152. The van der Waals surface area contributed by atoms with Gasteiger partial charge in [-0.2, -0.15) is 0 Å². The molecule has 1 saturated carbocycles. The maximum absolute atomic E-state index is 12.2. The number of anilines is 1. The maximum Gasteiger partial charge on any atom is 0.200 e. The Labute approximate surface area is 306 Å². The number of hydrogen-bond donors (Lipinski definition) is 5. The molecule has 0 radical (unpaired) electrons. The van der Waals surface area contributed by atoms with Gasteiger partial charge in [0, 0.05) is 64.4 Å². The Hall–Kier alpha value is -3.86.